The van der Waals surface area contributed by atoms with Crippen molar-refractivity contribution in [3.8, 4) is 0 Å². The predicted octanol–water partition coefficient (Wildman–Crippen LogP) is 4.36. The lowest BCUT2D eigenvalue weighted by Crippen LogP contribution is -2.24. The molecule has 148 valence electrons. The Kier molecular flexibility index (Phi) is 6.41. The van der Waals surface area contributed by atoms with Crippen molar-refractivity contribution in [2.24, 2.45) is 0 Å². The SMILES string of the molecule is CCCCn1c(SCC(=O)Nc2ccc(F)c(Cl)c2)nc2cc(C)[nH]c2c1=O. The van der Waals surface area contributed by atoms with Crippen LogP contribution in [0.15, 0.2) is 34.2 Å². The van der Waals surface area contributed by atoms with Gasteiger partial charge in [0.05, 0.1) is 16.3 Å². The summed E-state index contributed by atoms with van der Waals surface area (Å²) < 4.78 is 14.8. The monoisotopic (exact) mass is 422 g/mol. The second-order valence-electron chi connectivity index (χ2n) is 6.38. The largest absolute Gasteiger partial charge is 0.353 e. The number of fused-ring (bicyclic) bond motifs is 1. The maximum Gasteiger partial charge on any atom is 0.278 e. The predicted molar refractivity (Wildman–Crippen MR) is 111 cm³/mol. The summed E-state index contributed by atoms with van der Waals surface area (Å²) in [6.45, 7) is 4.45. The third-order valence-corrected chi connectivity index (χ3v) is 5.37. The molecule has 0 aliphatic heterocycles. The molecule has 0 spiro atoms. The molecule has 28 heavy (non-hydrogen) atoms. The number of aromatic nitrogens is 3. The first kappa shape index (κ1) is 20.4. The van der Waals surface area contributed by atoms with Crippen molar-refractivity contribution in [3.05, 3.63) is 51.2 Å². The van der Waals surface area contributed by atoms with Crippen LogP contribution in [0.1, 0.15) is 25.5 Å². The molecule has 3 aromatic rings. The number of benzene rings is 1. The Morgan fingerprint density at radius 2 is 2.18 bits per heavy atom. The Hall–Kier alpha value is -2.32. The van der Waals surface area contributed by atoms with E-state index >= 15 is 0 Å². The molecule has 6 nitrogen and oxygen atoms in total. The zero-order valence-corrected chi connectivity index (χ0v) is 17.1. The van der Waals surface area contributed by atoms with E-state index in [1.807, 2.05) is 19.9 Å². The van der Waals surface area contributed by atoms with Crippen LogP contribution < -0.4 is 10.9 Å². The van der Waals surface area contributed by atoms with Crippen LogP contribution in [-0.4, -0.2) is 26.2 Å². The molecule has 2 N–H and O–H groups in total. The van der Waals surface area contributed by atoms with Crippen molar-refractivity contribution in [1.82, 2.24) is 14.5 Å². The van der Waals surface area contributed by atoms with E-state index in [-0.39, 0.29) is 22.2 Å². The Morgan fingerprint density at radius 1 is 1.39 bits per heavy atom. The van der Waals surface area contributed by atoms with Gasteiger partial charge in [-0.25, -0.2) is 9.37 Å². The molecular weight excluding hydrogens is 403 g/mol. The molecule has 3 rings (SSSR count). The Morgan fingerprint density at radius 3 is 2.89 bits per heavy atom. The van der Waals surface area contributed by atoms with Gasteiger partial charge in [0.15, 0.2) is 5.16 Å². The number of carbonyl (C=O) groups excluding carboxylic acids is 1. The fraction of sp³-hybridized carbons (Fsp3) is 0.316. The number of H-pyrrole nitrogens is 1. The minimum Gasteiger partial charge on any atom is -0.353 e. The second kappa shape index (κ2) is 8.79. The first-order valence-corrected chi connectivity index (χ1v) is 10.2. The van der Waals surface area contributed by atoms with Crippen LogP contribution in [0.4, 0.5) is 10.1 Å². The molecule has 2 heterocycles. The lowest BCUT2D eigenvalue weighted by atomic mass is 10.3. The highest BCUT2D eigenvalue weighted by Gasteiger charge is 2.15. The molecule has 0 radical (unpaired) electrons. The zero-order valence-electron chi connectivity index (χ0n) is 15.5. The molecule has 0 aliphatic carbocycles. The Labute approximate surface area is 170 Å². The highest BCUT2D eigenvalue weighted by Crippen LogP contribution is 2.21. The number of rotatable bonds is 7. The van der Waals surface area contributed by atoms with E-state index < -0.39 is 5.82 Å². The molecule has 1 aromatic carbocycles. The van der Waals surface area contributed by atoms with E-state index in [9.17, 15) is 14.0 Å². The Balaban J connectivity index is 1.79. The van der Waals surface area contributed by atoms with Gasteiger partial charge in [0.25, 0.3) is 5.56 Å². The molecule has 0 fully saturated rings. The highest BCUT2D eigenvalue weighted by molar-refractivity contribution is 7.99. The average Bonchev–Trinajstić information content (AvgIpc) is 3.03. The van der Waals surface area contributed by atoms with Gasteiger partial charge in [-0.3, -0.25) is 14.2 Å². The van der Waals surface area contributed by atoms with Gasteiger partial charge in [0.1, 0.15) is 11.3 Å². The van der Waals surface area contributed by atoms with Gasteiger partial charge in [-0.1, -0.05) is 36.7 Å². The molecule has 1 amide bonds. The number of aryl methyl sites for hydroxylation is 1. The third kappa shape index (κ3) is 4.56. The molecule has 0 unspecified atom stereocenters. The topological polar surface area (TPSA) is 79.8 Å². The standard InChI is InChI=1S/C19H20ClFN4O2S/c1-3-4-7-25-18(27)17-15(8-11(2)22-17)24-19(25)28-10-16(26)23-12-5-6-14(21)13(20)9-12/h5-6,8-9,22H,3-4,7,10H2,1-2H3,(H,23,26). The van der Waals surface area contributed by atoms with E-state index in [0.717, 1.165) is 18.5 Å². The summed E-state index contributed by atoms with van der Waals surface area (Å²) in [6.07, 6.45) is 1.77. The van der Waals surface area contributed by atoms with Crippen LogP contribution in [-0.2, 0) is 11.3 Å². The number of halogens is 2. The number of anilines is 1. The van der Waals surface area contributed by atoms with Crippen LogP contribution in [0.25, 0.3) is 11.0 Å². The first-order valence-electron chi connectivity index (χ1n) is 8.87. The molecule has 0 atom stereocenters. The van der Waals surface area contributed by atoms with Gasteiger partial charge in [-0.05, 0) is 37.6 Å². The van der Waals surface area contributed by atoms with Crippen molar-refractivity contribution < 1.29 is 9.18 Å². The number of nitrogens with zero attached hydrogens (tertiary/aromatic N) is 2. The van der Waals surface area contributed by atoms with E-state index in [1.54, 1.807) is 4.57 Å². The minimum absolute atomic E-state index is 0.0580. The average molecular weight is 423 g/mol. The number of nitrogens with one attached hydrogen (secondary N) is 2. The van der Waals surface area contributed by atoms with Crippen LogP contribution in [0.5, 0.6) is 0 Å². The van der Waals surface area contributed by atoms with Gasteiger partial charge in [-0.2, -0.15) is 0 Å². The van der Waals surface area contributed by atoms with Crippen molar-refractivity contribution in [2.75, 3.05) is 11.1 Å². The zero-order chi connectivity index (χ0) is 20.3. The molecule has 0 saturated heterocycles. The third-order valence-electron chi connectivity index (χ3n) is 4.11. The van der Waals surface area contributed by atoms with E-state index in [4.69, 9.17) is 11.6 Å². The summed E-state index contributed by atoms with van der Waals surface area (Å²) in [5.74, 6) is -0.787. The molecule has 0 bridgehead atoms. The van der Waals surface area contributed by atoms with E-state index in [2.05, 4.69) is 15.3 Å². The molecule has 2 aromatic heterocycles. The number of amides is 1. The maximum atomic E-state index is 13.2. The fourth-order valence-corrected chi connectivity index (χ4v) is 3.74. The summed E-state index contributed by atoms with van der Waals surface area (Å²) in [5.41, 5.74) is 2.19. The number of hydrogen-bond donors (Lipinski definition) is 2. The van der Waals surface area contributed by atoms with Gasteiger partial charge in [0, 0.05) is 17.9 Å². The van der Waals surface area contributed by atoms with Crippen LogP contribution in [0.2, 0.25) is 5.02 Å². The number of unbranched alkanes of at least 4 members (excludes halogenated alkanes) is 1. The molecule has 0 aliphatic rings. The van der Waals surface area contributed by atoms with Crippen LogP contribution >= 0.6 is 23.4 Å². The summed E-state index contributed by atoms with van der Waals surface area (Å²) in [7, 11) is 0. The van der Waals surface area contributed by atoms with Crippen molar-refractivity contribution in [2.45, 2.75) is 38.4 Å². The van der Waals surface area contributed by atoms with Crippen LogP contribution in [0.3, 0.4) is 0 Å². The van der Waals surface area contributed by atoms with Gasteiger partial charge >= 0.3 is 0 Å². The number of aromatic amines is 1. The second-order valence-corrected chi connectivity index (χ2v) is 7.73. The minimum atomic E-state index is -0.548. The van der Waals surface area contributed by atoms with Crippen molar-refractivity contribution in [3.63, 3.8) is 0 Å². The summed E-state index contributed by atoms with van der Waals surface area (Å²) in [6, 6.07) is 5.79. The van der Waals surface area contributed by atoms with Gasteiger partial charge < -0.3 is 10.3 Å². The lowest BCUT2D eigenvalue weighted by molar-refractivity contribution is -0.113. The lowest BCUT2D eigenvalue weighted by Gasteiger charge is -2.11. The normalized spacial score (nSPS) is 11.1. The highest BCUT2D eigenvalue weighted by atomic mass is 35.5. The van der Waals surface area contributed by atoms with Gasteiger partial charge in [-0.15, -0.1) is 0 Å². The molecule has 0 saturated carbocycles. The summed E-state index contributed by atoms with van der Waals surface area (Å²) in [4.78, 5) is 32.7. The van der Waals surface area contributed by atoms with Crippen molar-refractivity contribution in [1.29, 1.82) is 0 Å². The van der Waals surface area contributed by atoms with E-state index in [0.29, 0.717) is 28.4 Å². The quantitative estimate of drug-likeness (QED) is 0.438. The van der Waals surface area contributed by atoms with E-state index in [1.165, 1.54) is 30.0 Å². The Bertz CT molecular complexity index is 1080. The number of hydrogen-bond acceptors (Lipinski definition) is 4. The molecular formula is C19H20ClFN4O2S. The first-order chi connectivity index (χ1) is 13.4. The smallest absolute Gasteiger partial charge is 0.278 e. The summed E-state index contributed by atoms with van der Waals surface area (Å²) in [5, 5.41) is 3.10. The molecule has 9 heteroatoms. The summed E-state index contributed by atoms with van der Waals surface area (Å²) >= 11 is 6.92. The maximum absolute atomic E-state index is 13.2. The van der Waals surface area contributed by atoms with Gasteiger partial charge in [0.2, 0.25) is 5.91 Å². The number of thioether (sulfide) groups is 1. The van der Waals surface area contributed by atoms with Crippen molar-refractivity contribution >= 4 is 46.0 Å². The van der Waals surface area contributed by atoms with Crippen LogP contribution in [0, 0.1) is 12.7 Å². The fourth-order valence-electron chi connectivity index (χ4n) is 2.74. The number of carbonyl (C=O) groups is 1.